The Hall–Kier alpha value is -3.74. The van der Waals surface area contributed by atoms with E-state index in [2.05, 4.69) is 15.6 Å². The SMILES string of the molecule is CC(C)(NC(=O)[C@H]1CC[C@@H](c2ccc(NC(=O)c3cnc4ccccc4c3)cc2)CC1)C(=O)O. The molecule has 0 aliphatic heterocycles. The number of benzene rings is 2. The number of fused-ring (bicyclic) bond motifs is 1. The summed E-state index contributed by atoms with van der Waals surface area (Å²) >= 11 is 0. The van der Waals surface area contributed by atoms with Crippen LogP contribution in [0.5, 0.6) is 0 Å². The van der Waals surface area contributed by atoms with Gasteiger partial charge in [-0.2, -0.15) is 0 Å². The van der Waals surface area contributed by atoms with E-state index in [0.717, 1.165) is 36.6 Å². The molecule has 1 aliphatic carbocycles. The molecule has 1 aliphatic rings. The first kappa shape index (κ1) is 23.4. The van der Waals surface area contributed by atoms with Crippen molar-refractivity contribution in [1.82, 2.24) is 10.3 Å². The lowest BCUT2D eigenvalue weighted by atomic mass is 9.78. The standard InChI is InChI=1S/C27H29N3O4/c1-27(2,26(33)34)30-25(32)19-9-7-17(8-10-19)18-11-13-22(14-12-18)29-24(31)21-15-20-5-3-4-6-23(20)28-16-21/h3-6,11-17,19H,7-10H2,1-2H3,(H,29,31)(H,30,32)(H,33,34)/t17-,19+. The molecule has 0 saturated heterocycles. The van der Waals surface area contributed by atoms with Gasteiger partial charge in [-0.1, -0.05) is 30.3 Å². The molecule has 0 bridgehead atoms. The molecular weight excluding hydrogens is 430 g/mol. The Morgan fingerprint density at radius 1 is 0.971 bits per heavy atom. The summed E-state index contributed by atoms with van der Waals surface area (Å²) < 4.78 is 0. The lowest BCUT2D eigenvalue weighted by Crippen LogP contribution is -2.51. The minimum absolute atomic E-state index is 0.163. The molecule has 34 heavy (non-hydrogen) atoms. The zero-order valence-electron chi connectivity index (χ0n) is 19.4. The molecule has 0 radical (unpaired) electrons. The van der Waals surface area contributed by atoms with Crippen LogP contribution >= 0.6 is 0 Å². The first-order valence-electron chi connectivity index (χ1n) is 11.5. The molecule has 4 rings (SSSR count). The summed E-state index contributed by atoms with van der Waals surface area (Å²) in [5.74, 6) is -1.26. The number of hydrogen-bond acceptors (Lipinski definition) is 4. The quantitative estimate of drug-likeness (QED) is 0.493. The van der Waals surface area contributed by atoms with Crippen molar-refractivity contribution in [2.75, 3.05) is 5.32 Å². The van der Waals surface area contributed by atoms with E-state index in [1.165, 1.54) is 19.4 Å². The van der Waals surface area contributed by atoms with E-state index in [1.807, 2.05) is 54.6 Å². The van der Waals surface area contributed by atoms with Crippen molar-refractivity contribution in [2.24, 2.45) is 5.92 Å². The fraction of sp³-hybridized carbons (Fsp3) is 0.333. The number of hydrogen-bond donors (Lipinski definition) is 3. The van der Waals surface area contributed by atoms with Gasteiger partial charge in [0.1, 0.15) is 5.54 Å². The fourth-order valence-electron chi connectivity index (χ4n) is 4.39. The number of aromatic nitrogens is 1. The first-order chi connectivity index (χ1) is 16.2. The topological polar surface area (TPSA) is 108 Å². The Morgan fingerprint density at radius 2 is 1.65 bits per heavy atom. The van der Waals surface area contributed by atoms with Gasteiger partial charge in [0.25, 0.3) is 5.91 Å². The molecule has 1 saturated carbocycles. The van der Waals surface area contributed by atoms with Gasteiger partial charge in [-0.05, 0) is 75.3 Å². The van der Waals surface area contributed by atoms with E-state index in [9.17, 15) is 19.5 Å². The number of carbonyl (C=O) groups is 3. The average molecular weight is 460 g/mol. The van der Waals surface area contributed by atoms with Crippen molar-refractivity contribution in [3.63, 3.8) is 0 Å². The molecule has 0 atom stereocenters. The van der Waals surface area contributed by atoms with E-state index in [1.54, 1.807) is 6.20 Å². The highest BCUT2D eigenvalue weighted by Gasteiger charge is 2.33. The zero-order valence-corrected chi connectivity index (χ0v) is 19.4. The van der Waals surface area contributed by atoms with Crippen molar-refractivity contribution in [2.45, 2.75) is 51.0 Å². The van der Waals surface area contributed by atoms with Crippen molar-refractivity contribution < 1.29 is 19.5 Å². The largest absolute Gasteiger partial charge is 0.480 e. The minimum Gasteiger partial charge on any atom is -0.480 e. The predicted molar refractivity (Wildman–Crippen MR) is 131 cm³/mol. The molecule has 7 heteroatoms. The second-order valence-electron chi connectivity index (χ2n) is 9.46. The van der Waals surface area contributed by atoms with Crippen molar-refractivity contribution >= 4 is 34.4 Å². The summed E-state index contributed by atoms with van der Waals surface area (Å²) in [6.07, 6.45) is 4.75. The van der Waals surface area contributed by atoms with E-state index >= 15 is 0 Å². The normalized spacial score (nSPS) is 18.3. The van der Waals surface area contributed by atoms with Gasteiger partial charge in [0.15, 0.2) is 0 Å². The van der Waals surface area contributed by atoms with Crippen molar-refractivity contribution in [3.8, 4) is 0 Å². The molecule has 0 spiro atoms. The number of pyridine rings is 1. The van der Waals surface area contributed by atoms with Crippen LogP contribution in [0.1, 0.15) is 61.4 Å². The highest BCUT2D eigenvalue weighted by molar-refractivity contribution is 6.05. The summed E-state index contributed by atoms with van der Waals surface area (Å²) in [6.45, 7) is 2.99. The Kier molecular flexibility index (Phi) is 6.63. The van der Waals surface area contributed by atoms with Crippen molar-refractivity contribution in [1.29, 1.82) is 0 Å². The fourth-order valence-corrected chi connectivity index (χ4v) is 4.39. The Bertz CT molecular complexity index is 1210. The third kappa shape index (κ3) is 5.25. The number of carbonyl (C=O) groups excluding carboxylic acids is 2. The summed E-state index contributed by atoms with van der Waals surface area (Å²) in [6, 6.07) is 17.3. The molecule has 3 N–H and O–H groups in total. The van der Waals surface area contributed by atoms with E-state index in [-0.39, 0.29) is 17.7 Å². The van der Waals surface area contributed by atoms with Crippen LogP contribution in [-0.4, -0.2) is 33.4 Å². The van der Waals surface area contributed by atoms with Gasteiger partial charge >= 0.3 is 5.97 Å². The maximum absolute atomic E-state index is 12.7. The Balaban J connectivity index is 1.32. The number of para-hydroxylation sites is 1. The second kappa shape index (κ2) is 9.63. The monoisotopic (exact) mass is 459 g/mol. The number of rotatable bonds is 6. The number of nitrogens with one attached hydrogen (secondary N) is 2. The molecule has 7 nitrogen and oxygen atoms in total. The number of nitrogens with zero attached hydrogens (tertiary/aromatic N) is 1. The Morgan fingerprint density at radius 3 is 2.32 bits per heavy atom. The van der Waals surface area contributed by atoms with Gasteiger partial charge in [-0.25, -0.2) is 4.79 Å². The predicted octanol–water partition coefficient (Wildman–Crippen LogP) is 4.74. The van der Waals surface area contributed by atoms with Gasteiger partial charge in [0.2, 0.25) is 5.91 Å². The average Bonchev–Trinajstić information content (AvgIpc) is 2.84. The van der Waals surface area contributed by atoms with Crippen molar-refractivity contribution in [3.05, 3.63) is 71.9 Å². The van der Waals surface area contributed by atoms with Crippen LogP contribution in [0.25, 0.3) is 10.9 Å². The molecule has 1 heterocycles. The first-order valence-corrected chi connectivity index (χ1v) is 11.5. The van der Waals surface area contributed by atoms with Crippen LogP contribution in [0.2, 0.25) is 0 Å². The lowest BCUT2D eigenvalue weighted by Gasteiger charge is -2.30. The molecule has 0 unspecified atom stereocenters. The molecule has 1 fully saturated rings. The maximum Gasteiger partial charge on any atom is 0.328 e. The zero-order chi connectivity index (χ0) is 24.3. The highest BCUT2D eigenvalue weighted by Crippen LogP contribution is 2.36. The van der Waals surface area contributed by atoms with Gasteiger partial charge in [0.05, 0.1) is 11.1 Å². The highest BCUT2D eigenvalue weighted by atomic mass is 16.4. The summed E-state index contributed by atoms with van der Waals surface area (Å²) in [5.41, 5.74) is 1.98. The van der Waals surface area contributed by atoms with Crippen LogP contribution < -0.4 is 10.6 Å². The van der Waals surface area contributed by atoms with Gasteiger partial charge in [-0.15, -0.1) is 0 Å². The molecule has 3 aromatic rings. The third-order valence-electron chi connectivity index (χ3n) is 6.56. The number of carboxylic acids is 1. The minimum atomic E-state index is -1.27. The number of carboxylic acid groups (broad SMARTS) is 1. The Labute approximate surface area is 198 Å². The number of anilines is 1. The van der Waals surface area contributed by atoms with Crippen LogP contribution in [0.15, 0.2) is 60.8 Å². The van der Waals surface area contributed by atoms with Crippen LogP contribution in [0, 0.1) is 5.92 Å². The van der Waals surface area contributed by atoms with Crippen LogP contribution in [0.3, 0.4) is 0 Å². The number of amides is 2. The third-order valence-corrected chi connectivity index (χ3v) is 6.56. The van der Waals surface area contributed by atoms with E-state index in [4.69, 9.17) is 0 Å². The van der Waals surface area contributed by atoms with E-state index < -0.39 is 11.5 Å². The van der Waals surface area contributed by atoms with Gasteiger partial charge in [-0.3, -0.25) is 14.6 Å². The van der Waals surface area contributed by atoms with Crippen LogP contribution in [0.4, 0.5) is 5.69 Å². The summed E-state index contributed by atoms with van der Waals surface area (Å²) in [5, 5.41) is 15.7. The molecule has 2 aromatic carbocycles. The summed E-state index contributed by atoms with van der Waals surface area (Å²) in [7, 11) is 0. The smallest absolute Gasteiger partial charge is 0.328 e. The van der Waals surface area contributed by atoms with Gasteiger partial charge in [0, 0.05) is 23.2 Å². The molecule has 176 valence electrons. The molecule has 1 aromatic heterocycles. The van der Waals surface area contributed by atoms with E-state index in [0.29, 0.717) is 17.2 Å². The lowest BCUT2D eigenvalue weighted by molar-refractivity contribution is -0.146. The second-order valence-corrected chi connectivity index (χ2v) is 9.46. The van der Waals surface area contributed by atoms with Crippen LogP contribution in [-0.2, 0) is 9.59 Å². The number of aliphatic carboxylic acids is 1. The maximum atomic E-state index is 12.7. The van der Waals surface area contributed by atoms with Gasteiger partial charge < -0.3 is 15.7 Å². The molecular formula is C27H29N3O4. The summed E-state index contributed by atoms with van der Waals surface area (Å²) in [4.78, 5) is 40.7. The molecule has 2 amide bonds.